The fourth-order valence-corrected chi connectivity index (χ4v) is 2.56. The van der Waals surface area contributed by atoms with E-state index in [0.717, 1.165) is 24.2 Å². The number of aromatic nitrogens is 2. The first-order valence-electron chi connectivity index (χ1n) is 6.80. The number of anilines is 2. The van der Waals surface area contributed by atoms with Crippen molar-refractivity contribution in [1.29, 1.82) is 0 Å². The highest BCUT2D eigenvalue weighted by Gasteiger charge is 2.17. The summed E-state index contributed by atoms with van der Waals surface area (Å²) in [5.74, 6) is 8.59. The van der Waals surface area contributed by atoms with E-state index in [1.54, 1.807) is 0 Å². The van der Waals surface area contributed by atoms with Crippen LogP contribution in [0.15, 0.2) is 12.4 Å². The van der Waals surface area contributed by atoms with E-state index < -0.39 is 0 Å². The summed E-state index contributed by atoms with van der Waals surface area (Å²) in [5.41, 5.74) is 2.52. The van der Waals surface area contributed by atoms with Gasteiger partial charge in [-0.3, -0.25) is 0 Å². The normalized spacial score (nSPS) is 23.7. The topological polar surface area (TPSA) is 75.9 Å². The number of hydrogen-bond donors (Lipinski definition) is 3. The van der Waals surface area contributed by atoms with Crippen LogP contribution in [-0.2, 0) is 0 Å². The molecule has 0 saturated heterocycles. The molecule has 0 bridgehead atoms. The average molecular weight is 249 g/mol. The second-order valence-electron chi connectivity index (χ2n) is 5.27. The van der Waals surface area contributed by atoms with E-state index in [1.165, 1.54) is 38.4 Å². The predicted octanol–water partition coefficient (Wildman–Crippen LogP) is 2.39. The maximum absolute atomic E-state index is 5.31. The van der Waals surface area contributed by atoms with E-state index in [-0.39, 0.29) is 0 Å². The first-order chi connectivity index (χ1) is 8.78. The van der Waals surface area contributed by atoms with Crippen LogP contribution < -0.4 is 16.6 Å². The second kappa shape index (κ2) is 6.54. The van der Waals surface area contributed by atoms with Gasteiger partial charge in [-0.25, -0.2) is 15.8 Å². The van der Waals surface area contributed by atoms with E-state index in [9.17, 15) is 0 Å². The standard InChI is InChI=1S/C13H23N5/c1-10-2-4-11(5-3-10)6-7-15-12-8-13(18-14)17-9-16-12/h8-11H,2-7,14H2,1H3,(H2,15,16,17,18). The van der Waals surface area contributed by atoms with Crippen molar-refractivity contribution in [3.05, 3.63) is 12.4 Å². The average Bonchev–Trinajstić information content (AvgIpc) is 2.41. The third-order valence-electron chi connectivity index (χ3n) is 3.81. The van der Waals surface area contributed by atoms with Crippen LogP contribution in [0.2, 0.25) is 0 Å². The number of nitrogens with one attached hydrogen (secondary N) is 2. The van der Waals surface area contributed by atoms with Gasteiger partial charge in [0, 0.05) is 12.6 Å². The Morgan fingerprint density at radius 2 is 1.94 bits per heavy atom. The minimum Gasteiger partial charge on any atom is -0.370 e. The van der Waals surface area contributed by atoms with Crippen LogP contribution in [0.1, 0.15) is 39.0 Å². The summed E-state index contributed by atoms with van der Waals surface area (Å²) in [6.45, 7) is 3.33. The van der Waals surface area contributed by atoms with Crippen LogP contribution in [0, 0.1) is 11.8 Å². The lowest BCUT2D eigenvalue weighted by Crippen LogP contribution is -2.16. The van der Waals surface area contributed by atoms with Crippen molar-refractivity contribution in [3.63, 3.8) is 0 Å². The number of nitrogens with zero attached hydrogens (tertiary/aromatic N) is 2. The molecule has 1 aliphatic rings. The zero-order valence-electron chi connectivity index (χ0n) is 11.0. The zero-order valence-corrected chi connectivity index (χ0v) is 11.0. The summed E-state index contributed by atoms with van der Waals surface area (Å²) >= 11 is 0. The summed E-state index contributed by atoms with van der Waals surface area (Å²) in [4.78, 5) is 8.14. The van der Waals surface area contributed by atoms with Crippen molar-refractivity contribution in [2.24, 2.45) is 17.7 Å². The molecular formula is C13H23N5. The van der Waals surface area contributed by atoms with E-state index in [2.05, 4.69) is 27.6 Å². The fourth-order valence-electron chi connectivity index (χ4n) is 2.56. The molecule has 1 aliphatic carbocycles. The summed E-state index contributed by atoms with van der Waals surface area (Å²) in [7, 11) is 0. The minimum atomic E-state index is 0.638. The Morgan fingerprint density at radius 3 is 2.67 bits per heavy atom. The van der Waals surface area contributed by atoms with Crippen molar-refractivity contribution in [2.45, 2.75) is 39.0 Å². The lowest BCUT2D eigenvalue weighted by molar-refractivity contribution is 0.282. The van der Waals surface area contributed by atoms with Gasteiger partial charge >= 0.3 is 0 Å². The van der Waals surface area contributed by atoms with Crippen molar-refractivity contribution in [1.82, 2.24) is 9.97 Å². The van der Waals surface area contributed by atoms with Gasteiger partial charge in [0.1, 0.15) is 18.0 Å². The smallest absolute Gasteiger partial charge is 0.145 e. The monoisotopic (exact) mass is 249 g/mol. The molecule has 4 N–H and O–H groups in total. The van der Waals surface area contributed by atoms with Gasteiger partial charge in [0.05, 0.1) is 0 Å². The molecule has 2 rings (SSSR count). The van der Waals surface area contributed by atoms with Crippen LogP contribution in [0.5, 0.6) is 0 Å². The maximum atomic E-state index is 5.31. The van der Waals surface area contributed by atoms with Crippen LogP contribution >= 0.6 is 0 Å². The molecule has 18 heavy (non-hydrogen) atoms. The third kappa shape index (κ3) is 3.84. The van der Waals surface area contributed by atoms with Crippen LogP contribution in [0.3, 0.4) is 0 Å². The molecule has 0 atom stereocenters. The number of nitrogen functional groups attached to an aromatic ring is 1. The molecule has 1 saturated carbocycles. The van der Waals surface area contributed by atoms with Gasteiger partial charge in [0.15, 0.2) is 0 Å². The van der Waals surface area contributed by atoms with E-state index in [1.807, 2.05) is 6.07 Å². The Morgan fingerprint density at radius 1 is 1.22 bits per heavy atom. The lowest BCUT2D eigenvalue weighted by Gasteiger charge is -2.26. The van der Waals surface area contributed by atoms with E-state index >= 15 is 0 Å². The number of nitrogens with two attached hydrogens (primary N) is 1. The van der Waals surface area contributed by atoms with E-state index in [4.69, 9.17) is 5.84 Å². The molecule has 1 fully saturated rings. The Bertz CT molecular complexity index is 360. The molecule has 1 heterocycles. The molecule has 5 nitrogen and oxygen atoms in total. The van der Waals surface area contributed by atoms with Crippen LogP contribution in [-0.4, -0.2) is 16.5 Å². The highest BCUT2D eigenvalue weighted by atomic mass is 15.3. The molecule has 1 aromatic rings. The Hall–Kier alpha value is -1.36. The van der Waals surface area contributed by atoms with Crippen molar-refractivity contribution in [2.75, 3.05) is 17.3 Å². The number of hydrazine groups is 1. The molecule has 0 radical (unpaired) electrons. The zero-order chi connectivity index (χ0) is 12.8. The number of rotatable bonds is 5. The minimum absolute atomic E-state index is 0.638. The van der Waals surface area contributed by atoms with Gasteiger partial charge in [-0.15, -0.1) is 0 Å². The van der Waals surface area contributed by atoms with Crippen molar-refractivity contribution >= 4 is 11.6 Å². The molecule has 0 amide bonds. The number of hydrogen-bond acceptors (Lipinski definition) is 5. The fraction of sp³-hybridized carbons (Fsp3) is 0.692. The molecule has 0 unspecified atom stereocenters. The van der Waals surface area contributed by atoms with Gasteiger partial charge < -0.3 is 10.7 Å². The quantitative estimate of drug-likeness (QED) is 0.552. The van der Waals surface area contributed by atoms with Gasteiger partial charge in [-0.1, -0.05) is 32.6 Å². The van der Waals surface area contributed by atoms with Crippen LogP contribution in [0.25, 0.3) is 0 Å². The molecule has 5 heteroatoms. The first-order valence-corrected chi connectivity index (χ1v) is 6.80. The molecule has 0 aliphatic heterocycles. The Kier molecular flexibility index (Phi) is 4.75. The predicted molar refractivity (Wildman–Crippen MR) is 74.1 cm³/mol. The van der Waals surface area contributed by atoms with Gasteiger partial charge in [0.2, 0.25) is 0 Å². The Balaban J connectivity index is 1.71. The second-order valence-corrected chi connectivity index (χ2v) is 5.27. The summed E-state index contributed by atoms with van der Waals surface area (Å²) in [6, 6.07) is 1.82. The maximum Gasteiger partial charge on any atom is 0.145 e. The molecule has 1 aromatic heterocycles. The summed E-state index contributed by atoms with van der Waals surface area (Å²) in [6.07, 6.45) is 8.27. The molecule has 0 aromatic carbocycles. The highest BCUT2D eigenvalue weighted by molar-refractivity contribution is 5.45. The van der Waals surface area contributed by atoms with Crippen molar-refractivity contribution in [3.8, 4) is 0 Å². The molecular weight excluding hydrogens is 226 g/mol. The summed E-state index contributed by atoms with van der Waals surface area (Å²) < 4.78 is 0. The SMILES string of the molecule is CC1CCC(CCNc2cc(NN)ncn2)CC1. The Labute approximate surface area is 109 Å². The van der Waals surface area contributed by atoms with Crippen molar-refractivity contribution < 1.29 is 0 Å². The van der Waals surface area contributed by atoms with Gasteiger partial charge in [-0.2, -0.15) is 0 Å². The third-order valence-corrected chi connectivity index (χ3v) is 3.81. The molecule has 0 spiro atoms. The van der Waals surface area contributed by atoms with Crippen LogP contribution in [0.4, 0.5) is 11.6 Å². The lowest BCUT2D eigenvalue weighted by atomic mass is 9.81. The molecule has 100 valence electrons. The van der Waals surface area contributed by atoms with E-state index in [0.29, 0.717) is 5.82 Å². The largest absolute Gasteiger partial charge is 0.370 e. The highest BCUT2D eigenvalue weighted by Crippen LogP contribution is 2.30. The van der Waals surface area contributed by atoms with Gasteiger partial charge in [-0.05, 0) is 18.3 Å². The first kappa shape index (κ1) is 13.1. The summed E-state index contributed by atoms with van der Waals surface area (Å²) in [5, 5.41) is 3.33. The van der Waals surface area contributed by atoms with Gasteiger partial charge in [0.25, 0.3) is 0 Å².